The maximum absolute atomic E-state index is 12.2. The number of hydrogen-bond donors (Lipinski definition) is 2. The van der Waals surface area contributed by atoms with Gasteiger partial charge in [0, 0.05) is 0 Å². The van der Waals surface area contributed by atoms with Gasteiger partial charge in [-0.2, -0.15) is 0 Å². The number of carbonyl (C=O) groups excluding carboxylic acids is 4. The number of amides is 4. The number of ether oxygens (including phenoxy) is 1. The standard InChI is InChI=1S/C20H27N3O5/c1-13(2)10-15(14-8-6-5-7-9-14)21-16(24)12-28-17(25)11-23-18(26)20(3,4)22-19(23)27/h5-9,13,15H,10-12H2,1-4H3,(H,21,24)(H,22,27). The summed E-state index contributed by atoms with van der Waals surface area (Å²) in [5, 5.41) is 5.34. The van der Waals surface area contributed by atoms with Crippen LogP contribution in [0.5, 0.6) is 0 Å². The van der Waals surface area contributed by atoms with Crippen LogP contribution in [0.3, 0.4) is 0 Å². The quantitative estimate of drug-likeness (QED) is 0.521. The molecule has 8 heteroatoms. The van der Waals surface area contributed by atoms with E-state index >= 15 is 0 Å². The molecular formula is C20H27N3O5. The van der Waals surface area contributed by atoms with Crippen LogP contribution in [0.2, 0.25) is 0 Å². The smallest absolute Gasteiger partial charge is 0.326 e. The molecule has 1 aliphatic rings. The van der Waals surface area contributed by atoms with Crippen LogP contribution in [0.25, 0.3) is 0 Å². The largest absolute Gasteiger partial charge is 0.454 e. The van der Waals surface area contributed by atoms with E-state index < -0.39 is 42.5 Å². The zero-order valence-electron chi connectivity index (χ0n) is 16.7. The zero-order valence-corrected chi connectivity index (χ0v) is 16.7. The van der Waals surface area contributed by atoms with E-state index in [1.165, 1.54) is 0 Å². The van der Waals surface area contributed by atoms with E-state index in [0.717, 1.165) is 16.9 Å². The average Bonchev–Trinajstić information content (AvgIpc) is 2.81. The third kappa shape index (κ3) is 5.55. The van der Waals surface area contributed by atoms with Crippen molar-refractivity contribution in [1.82, 2.24) is 15.5 Å². The minimum absolute atomic E-state index is 0.195. The van der Waals surface area contributed by atoms with Crippen LogP contribution in [-0.2, 0) is 19.1 Å². The van der Waals surface area contributed by atoms with Gasteiger partial charge >= 0.3 is 12.0 Å². The van der Waals surface area contributed by atoms with Crippen molar-refractivity contribution in [3.05, 3.63) is 35.9 Å². The summed E-state index contributed by atoms with van der Waals surface area (Å²) >= 11 is 0. The van der Waals surface area contributed by atoms with E-state index in [0.29, 0.717) is 5.92 Å². The van der Waals surface area contributed by atoms with E-state index in [1.807, 2.05) is 30.3 Å². The Bertz CT molecular complexity index is 745. The van der Waals surface area contributed by atoms with Crippen LogP contribution in [-0.4, -0.2) is 47.4 Å². The lowest BCUT2D eigenvalue weighted by atomic mass is 9.97. The third-order valence-electron chi connectivity index (χ3n) is 4.34. The Kier molecular flexibility index (Phi) is 6.77. The first-order valence-corrected chi connectivity index (χ1v) is 9.24. The third-order valence-corrected chi connectivity index (χ3v) is 4.34. The molecule has 2 rings (SSSR count). The van der Waals surface area contributed by atoms with E-state index in [-0.39, 0.29) is 6.04 Å². The second-order valence-electron chi connectivity index (χ2n) is 7.77. The number of imide groups is 1. The molecule has 0 spiro atoms. The van der Waals surface area contributed by atoms with Crippen LogP contribution >= 0.6 is 0 Å². The monoisotopic (exact) mass is 389 g/mol. The molecule has 1 atom stereocenters. The van der Waals surface area contributed by atoms with Crippen molar-refractivity contribution in [2.75, 3.05) is 13.2 Å². The molecule has 1 heterocycles. The molecule has 0 bridgehead atoms. The number of esters is 1. The number of carbonyl (C=O) groups is 4. The molecule has 1 aliphatic heterocycles. The van der Waals surface area contributed by atoms with Crippen molar-refractivity contribution in [3.63, 3.8) is 0 Å². The van der Waals surface area contributed by atoms with E-state index in [2.05, 4.69) is 24.5 Å². The minimum atomic E-state index is -1.06. The molecule has 0 radical (unpaired) electrons. The molecule has 8 nitrogen and oxygen atoms in total. The van der Waals surface area contributed by atoms with Crippen molar-refractivity contribution in [2.45, 2.75) is 45.7 Å². The molecule has 0 saturated carbocycles. The van der Waals surface area contributed by atoms with Gasteiger partial charge in [0.1, 0.15) is 12.1 Å². The first-order valence-electron chi connectivity index (χ1n) is 9.24. The van der Waals surface area contributed by atoms with Gasteiger partial charge in [-0.1, -0.05) is 44.2 Å². The summed E-state index contributed by atoms with van der Waals surface area (Å²) in [6, 6.07) is 8.70. The van der Waals surface area contributed by atoms with Crippen LogP contribution in [0.15, 0.2) is 30.3 Å². The normalized spacial score (nSPS) is 16.7. The number of benzene rings is 1. The fourth-order valence-electron chi connectivity index (χ4n) is 2.95. The average molecular weight is 389 g/mol. The van der Waals surface area contributed by atoms with Gasteiger partial charge in [0.25, 0.3) is 11.8 Å². The molecule has 1 aromatic carbocycles. The van der Waals surface area contributed by atoms with Crippen LogP contribution < -0.4 is 10.6 Å². The van der Waals surface area contributed by atoms with Crippen molar-refractivity contribution in [2.24, 2.45) is 5.92 Å². The molecular weight excluding hydrogens is 362 g/mol. The van der Waals surface area contributed by atoms with Gasteiger partial charge < -0.3 is 15.4 Å². The highest BCUT2D eigenvalue weighted by Gasteiger charge is 2.45. The highest BCUT2D eigenvalue weighted by Crippen LogP contribution is 2.21. The van der Waals surface area contributed by atoms with E-state index in [4.69, 9.17) is 4.74 Å². The maximum Gasteiger partial charge on any atom is 0.326 e. The Balaban J connectivity index is 1.87. The van der Waals surface area contributed by atoms with Gasteiger partial charge in [-0.3, -0.25) is 19.3 Å². The number of hydrogen-bond acceptors (Lipinski definition) is 5. The zero-order chi connectivity index (χ0) is 20.9. The molecule has 1 fully saturated rings. The summed E-state index contributed by atoms with van der Waals surface area (Å²) in [5.41, 5.74) is -0.0912. The van der Waals surface area contributed by atoms with Crippen LogP contribution in [0.4, 0.5) is 4.79 Å². The number of rotatable bonds is 8. The van der Waals surface area contributed by atoms with Gasteiger partial charge in [-0.05, 0) is 31.7 Å². The summed E-state index contributed by atoms with van der Waals surface area (Å²) in [5.74, 6) is -1.42. The van der Waals surface area contributed by atoms with Crippen LogP contribution in [0, 0.1) is 5.92 Å². The summed E-state index contributed by atoms with van der Waals surface area (Å²) in [6.45, 7) is 6.20. The lowest BCUT2D eigenvalue weighted by Crippen LogP contribution is -2.41. The lowest BCUT2D eigenvalue weighted by molar-refractivity contribution is -0.151. The predicted molar refractivity (Wildman–Crippen MR) is 102 cm³/mol. The van der Waals surface area contributed by atoms with E-state index in [1.54, 1.807) is 13.8 Å². The molecule has 2 N–H and O–H groups in total. The van der Waals surface area contributed by atoms with Gasteiger partial charge in [0.2, 0.25) is 0 Å². The number of nitrogens with zero attached hydrogens (tertiary/aromatic N) is 1. The number of urea groups is 1. The minimum Gasteiger partial charge on any atom is -0.454 e. The topological polar surface area (TPSA) is 105 Å². The molecule has 0 aromatic heterocycles. The van der Waals surface area contributed by atoms with Crippen molar-refractivity contribution in [1.29, 1.82) is 0 Å². The first-order chi connectivity index (χ1) is 13.1. The van der Waals surface area contributed by atoms with Crippen LogP contribution in [0.1, 0.15) is 45.7 Å². The molecule has 1 saturated heterocycles. The Morgan fingerprint density at radius 2 is 1.82 bits per heavy atom. The van der Waals surface area contributed by atoms with Crippen molar-refractivity contribution in [3.8, 4) is 0 Å². The molecule has 28 heavy (non-hydrogen) atoms. The fourth-order valence-corrected chi connectivity index (χ4v) is 2.95. The molecule has 152 valence electrons. The van der Waals surface area contributed by atoms with Gasteiger partial charge in [-0.25, -0.2) is 4.79 Å². The molecule has 0 aliphatic carbocycles. The summed E-state index contributed by atoms with van der Waals surface area (Å²) in [6.07, 6.45) is 0.737. The Hall–Kier alpha value is -2.90. The fraction of sp³-hybridized carbons (Fsp3) is 0.500. The van der Waals surface area contributed by atoms with Crippen molar-refractivity contribution < 1.29 is 23.9 Å². The number of nitrogens with one attached hydrogen (secondary N) is 2. The SMILES string of the molecule is CC(C)CC(NC(=O)COC(=O)CN1C(=O)NC(C)(C)C1=O)c1ccccc1. The second-order valence-corrected chi connectivity index (χ2v) is 7.77. The van der Waals surface area contributed by atoms with Gasteiger partial charge in [0.05, 0.1) is 6.04 Å². The first kappa shape index (κ1) is 21.4. The Morgan fingerprint density at radius 3 is 2.36 bits per heavy atom. The predicted octanol–water partition coefficient (Wildman–Crippen LogP) is 1.76. The maximum atomic E-state index is 12.2. The highest BCUT2D eigenvalue weighted by molar-refractivity contribution is 6.08. The lowest BCUT2D eigenvalue weighted by Gasteiger charge is -2.21. The second kappa shape index (κ2) is 8.86. The van der Waals surface area contributed by atoms with E-state index in [9.17, 15) is 19.2 Å². The summed E-state index contributed by atoms with van der Waals surface area (Å²) in [4.78, 5) is 48.8. The molecule has 4 amide bonds. The van der Waals surface area contributed by atoms with Gasteiger partial charge in [-0.15, -0.1) is 0 Å². The Labute approximate surface area is 164 Å². The highest BCUT2D eigenvalue weighted by atomic mass is 16.5. The molecule has 1 aromatic rings. The Morgan fingerprint density at radius 1 is 1.18 bits per heavy atom. The van der Waals surface area contributed by atoms with Crippen molar-refractivity contribution >= 4 is 23.8 Å². The summed E-state index contributed by atoms with van der Waals surface area (Å²) < 4.78 is 4.95. The van der Waals surface area contributed by atoms with Gasteiger partial charge in [0.15, 0.2) is 6.61 Å². The molecule has 1 unspecified atom stereocenters. The summed E-state index contributed by atoms with van der Waals surface area (Å²) in [7, 11) is 0.